The van der Waals surface area contributed by atoms with Crippen molar-refractivity contribution in [1.82, 2.24) is 9.97 Å². The van der Waals surface area contributed by atoms with Crippen molar-refractivity contribution in [3.05, 3.63) is 35.8 Å². The van der Waals surface area contributed by atoms with E-state index >= 15 is 0 Å². The van der Waals surface area contributed by atoms with Crippen LogP contribution in [-0.4, -0.2) is 23.0 Å². The molecule has 1 aromatic carbocycles. The van der Waals surface area contributed by atoms with Crippen molar-refractivity contribution in [2.45, 2.75) is 39.0 Å². The van der Waals surface area contributed by atoms with E-state index in [1.165, 1.54) is 6.92 Å². The Kier molecular flexibility index (Phi) is 4.64. The number of ether oxygens (including phenoxy) is 1. The lowest BCUT2D eigenvalue weighted by molar-refractivity contribution is -0.114. The van der Waals surface area contributed by atoms with E-state index in [2.05, 4.69) is 27.5 Å². The second kappa shape index (κ2) is 6.86. The number of nitrogens with zero attached hydrogens (tertiary/aromatic N) is 2. The Morgan fingerprint density at radius 1 is 1.29 bits per heavy atom. The lowest BCUT2D eigenvalue weighted by Gasteiger charge is -2.14. The van der Waals surface area contributed by atoms with Gasteiger partial charge in [-0.25, -0.2) is 9.97 Å². The van der Waals surface area contributed by atoms with Gasteiger partial charge in [0.1, 0.15) is 17.4 Å². The summed E-state index contributed by atoms with van der Waals surface area (Å²) in [5.74, 6) is 2.73. The summed E-state index contributed by atoms with van der Waals surface area (Å²) in [6.45, 7) is 3.57. The van der Waals surface area contributed by atoms with Crippen LogP contribution in [0.2, 0.25) is 0 Å². The third-order valence-electron chi connectivity index (χ3n) is 3.88. The van der Waals surface area contributed by atoms with Crippen molar-refractivity contribution in [3.63, 3.8) is 0 Å². The zero-order valence-electron chi connectivity index (χ0n) is 14.2. The average molecular weight is 326 g/mol. The summed E-state index contributed by atoms with van der Waals surface area (Å²) < 4.78 is 5.41. The van der Waals surface area contributed by atoms with E-state index in [0.717, 1.165) is 42.3 Å². The maximum Gasteiger partial charge on any atom is 0.221 e. The molecule has 0 aliphatic heterocycles. The van der Waals surface area contributed by atoms with Gasteiger partial charge in [-0.2, -0.15) is 0 Å². The molecule has 0 radical (unpaired) electrons. The molecule has 0 bridgehead atoms. The molecule has 0 unspecified atom stereocenters. The predicted molar refractivity (Wildman–Crippen MR) is 94.0 cm³/mol. The smallest absolute Gasteiger partial charge is 0.221 e. The van der Waals surface area contributed by atoms with Crippen LogP contribution >= 0.6 is 0 Å². The standard InChI is InChI=1S/C18H22N4O2/c1-4-13-10-17(22-18(20-13)12-5-6-12)21-15-9-14(19-11(2)23)7-8-16(15)24-3/h7-10,12H,4-6H2,1-3H3,(H,19,23)(H,20,21,22). The van der Waals surface area contributed by atoms with Gasteiger partial charge < -0.3 is 15.4 Å². The number of hydrogen-bond acceptors (Lipinski definition) is 5. The summed E-state index contributed by atoms with van der Waals surface area (Å²) in [5, 5.41) is 6.08. The minimum absolute atomic E-state index is 0.113. The highest BCUT2D eigenvalue weighted by Gasteiger charge is 2.27. The number of amides is 1. The molecule has 6 nitrogen and oxygen atoms in total. The zero-order valence-corrected chi connectivity index (χ0v) is 14.2. The Bertz CT molecular complexity index is 757. The SMILES string of the molecule is CCc1cc(Nc2cc(NC(C)=O)ccc2OC)nc(C2CC2)n1. The van der Waals surface area contributed by atoms with Gasteiger partial charge in [0.2, 0.25) is 5.91 Å². The molecule has 1 saturated carbocycles. The molecule has 0 atom stereocenters. The molecule has 1 fully saturated rings. The van der Waals surface area contributed by atoms with Crippen molar-refractivity contribution in [2.75, 3.05) is 17.7 Å². The van der Waals surface area contributed by atoms with Crippen LogP contribution < -0.4 is 15.4 Å². The molecule has 0 spiro atoms. The van der Waals surface area contributed by atoms with E-state index in [9.17, 15) is 4.79 Å². The molecule has 1 aliphatic carbocycles. The number of hydrogen-bond donors (Lipinski definition) is 2. The number of benzene rings is 1. The van der Waals surface area contributed by atoms with Gasteiger partial charge in [-0.3, -0.25) is 4.79 Å². The van der Waals surface area contributed by atoms with Gasteiger partial charge in [0.25, 0.3) is 0 Å². The van der Waals surface area contributed by atoms with Gasteiger partial charge in [0.15, 0.2) is 0 Å². The van der Waals surface area contributed by atoms with E-state index in [1.807, 2.05) is 18.2 Å². The van der Waals surface area contributed by atoms with Gasteiger partial charge in [0, 0.05) is 30.3 Å². The van der Waals surface area contributed by atoms with E-state index in [0.29, 0.717) is 17.4 Å². The molecule has 2 N–H and O–H groups in total. The normalized spacial score (nSPS) is 13.5. The van der Waals surface area contributed by atoms with Crippen LogP contribution in [0.1, 0.15) is 44.1 Å². The molecule has 126 valence electrons. The Labute approximate surface area is 141 Å². The zero-order chi connectivity index (χ0) is 17.1. The van der Waals surface area contributed by atoms with Crippen molar-refractivity contribution in [2.24, 2.45) is 0 Å². The maximum atomic E-state index is 11.3. The van der Waals surface area contributed by atoms with Crippen LogP contribution in [-0.2, 0) is 11.2 Å². The van der Waals surface area contributed by atoms with E-state index < -0.39 is 0 Å². The summed E-state index contributed by atoms with van der Waals surface area (Å²) in [7, 11) is 1.62. The molecule has 1 heterocycles. The highest BCUT2D eigenvalue weighted by molar-refractivity contribution is 5.89. The first-order valence-corrected chi connectivity index (χ1v) is 8.19. The summed E-state index contributed by atoms with van der Waals surface area (Å²) in [4.78, 5) is 20.5. The number of nitrogens with one attached hydrogen (secondary N) is 2. The molecule has 6 heteroatoms. The monoisotopic (exact) mass is 326 g/mol. The fraction of sp³-hybridized carbons (Fsp3) is 0.389. The maximum absolute atomic E-state index is 11.3. The Morgan fingerprint density at radius 2 is 2.08 bits per heavy atom. The topological polar surface area (TPSA) is 76.1 Å². The summed E-state index contributed by atoms with van der Waals surface area (Å²) in [6, 6.07) is 7.41. The van der Waals surface area contributed by atoms with E-state index in [4.69, 9.17) is 4.74 Å². The first-order valence-electron chi connectivity index (χ1n) is 8.19. The molecular formula is C18H22N4O2. The number of aromatic nitrogens is 2. The number of methoxy groups -OCH3 is 1. The Hall–Kier alpha value is -2.63. The highest BCUT2D eigenvalue weighted by Crippen LogP contribution is 2.39. The Balaban J connectivity index is 1.91. The number of carbonyl (C=O) groups excluding carboxylic acids is 1. The van der Waals surface area contributed by atoms with Crippen LogP contribution in [0.3, 0.4) is 0 Å². The van der Waals surface area contributed by atoms with Crippen LogP contribution in [0.25, 0.3) is 0 Å². The number of aryl methyl sites for hydroxylation is 1. The van der Waals surface area contributed by atoms with Crippen LogP contribution in [0.4, 0.5) is 17.2 Å². The van der Waals surface area contributed by atoms with Crippen molar-refractivity contribution < 1.29 is 9.53 Å². The lowest BCUT2D eigenvalue weighted by Crippen LogP contribution is -2.07. The predicted octanol–water partition coefficient (Wildman–Crippen LogP) is 3.63. The van der Waals surface area contributed by atoms with Crippen molar-refractivity contribution >= 4 is 23.1 Å². The van der Waals surface area contributed by atoms with Crippen LogP contribution in [0, 0.1) is 0 Å². The summed E-state index contributed by atoms with van der Waals surface area (Å²) in [6.07, 6.45) is 3.18. The number of rotatable bonds is 6. The second-order valence-electron chi connectivity index (χ2n) is 5.95. The number of anilines is 3. The average Bonchev–Trinajstić information content (AvgIpc) is 3.39. The third-order valence-corrected chi connectivity index (χ3v) is 3.88. The van der Waals surface area contributed by atoms with Gasteiger partial charge >= 0.3 is 0 Å². The lowest BCUT2D eigenvalue weighted by atomic mass is 10.2. The fourth-order valence-electron chi connectivity index (χ4n) is 2.51. The Morgan fingerprint density at radius 3 is 2.71 bits per heavy atom. The van der Waals surface area contributed by atoms with E-state index in [1.54, 1.807) is 13.2 Å². The van der Waals surface area contributed by atoms with Gasteiger partial charge in [-0.1, -0.05) is 6.92 Å². The fourth-order valence-corrected chi connectivity index (χ4v) is 2.51. The molecule has 3 rings (SSSR count). The summed E-state index contributed by atoms with van der Waals surface area (Å²) in [5.41, 5.74) is 2.48. The first-order chi connectivity index (χ1) is 11.6. The molecule has 1 aliphatic rings. The minimum atomic E-state index is -0.113. The molecule has 1 aromatic heterocycles. The van der Waals surface area contributed by atoms with Crippen LogP contribution in [0.5, 0.6) is 5.75 Å². The quantitative estimate of drug-likeness (QED) is 0.848. The molecule has 1 amide bonds. The molecule has 24 heavy (non-hydrogen) atoms. The van der Waals surface area contributed by atoms with Crippen molar-refractivity contribution in [3.8, 4) is 5.75 Å². The van der Waals surface area contributed by atoms with Gasteiger partial charge in [-0.05, 0) is 37.5 Å². The molecule has 0 saturated heterocycles. The summed E-state index contributed by atoms with van der Waals surface area (Å²) >= 11 is 0. The number of carbonyl (C=O) groups is 1. The minimum Gasteiger partial charge on any atom is -0.495 e. The molecular weight excluding hydrogens is 304 g/mol. The van der Waals surface area contributed by atoms with Crippen molar-refractivity contribution in [1.29, 1.82) is 0 Å². The highest BCUT2D eigenvalue weighted by atomic mass is 16.5. The third kappa shape index (κ3) is 3.82. The molecule has 2 aromatic rings. The largest absolute Gasteiger partial charge is 0.495 e. The van der Waals surface area contributed by atoms with Gasteiger partial charge in [-0.15, -0.1) is 0 Å². The van der Waals surface area contributed by atoms with E-state index in [-0.39, 0.29) is 5.91 Å². The van der Waals surface area contributed by atoms with Gasteiger partial charge in [0.05, 0.1) is 12.8 Å². The van der Waals surface area contributed by atoms with Crippen LogP contribution in [0.15, 0.2) is 24.3 Å². The second-order valence-corrected chi connectivity index (χ2v) is 5.95. The first kappa shape index (κ1) is 16.2.